The number of anilines is 1. The average molecular weight is 234 g/mol. The molecule has 1 aromatic rings. The van der Waals surface area contributed by atoms with Gasteiger partial charge >= 0.3 is 0 Å². The molecule has 2 N–H and O–H groups in total. The SMILES string of the molecule is COc1ccccc1N1C[C@H](C(N)=O)CC1=O. The molecular weight excluding hydrogens is 220 g/mol. The number of carbonyl (C=O) groups excluding carboxylic acids is 2. The van der Waals surface area contributed by atoms with Gasteiger partial charge < -0.3 is 15.4 Å². The Balaban J connectivity index is 2.29. The van der Waals surface area contributed by atoms with Crippen molar-refractivity contribution in [2.75, 3.05) is 18.6 Å². The zero-order valence-corrected chi connectivity index (χ0v) is 9.55. The summed E-state index contributed by atoms with van der Waals surface area (Å²) in [5.41, 5.74) is 5.91. The van der Waals surface area contributed by atoms with Crippen molar-refractivity contribution >= 4 is 17.5 Å². The van der Waals surface area contributed by atoms with Gasteiger partial charge in [0, 0.05) is 13.0 Å². The summed E-state index contributed by atoms with van der Waals surface area (Å²) in [5.74, 6) is -0.326. The minimum atomic E-state index is -0.434. The van der Waals surface area contributed by atoms with Gasteiger partial charge in [0.05, 0.1) is 18.7 Å². The molecule has 1 aliphatic rings. The van der Waals surface area contributed by atoms with Crippen molar-refractivity contribution in [3.05, 3.63) is 24.3 Å². The summed E-state index contributed by atoms with van der Waals surface area (Å²) in [6, 6.07) is 7.22. The molecule has 1 heterocycles. The van der Waals surface area contributed by atoms with E-state index in [0.29, 0.717) is 18.0 Å². The maximum absolute atomic E-state index is 11.8. The molecule has 0 radical (unpaired) electrons. The van der Waals surface area contributed by atoms with Crippen molar-refractivity contribution < 1.29 is 14.3 Å². The number of hydrogen-bond acceptors (Lipinski definition) is 3. The molecular formula is C12H14N2O3. The van der Waals surface area contributed by atoms with Gasteiger partial charge in [-0.1, -0.05) is 12.1 Å². The number of hydrogen-bond donors (Lipinski definition) is 1. The van der Waals surface area contributed by atoms with Gasteiger partial charge in [-0.3, -0.25) is 9.59 Å². The average Bonchev–Trinajstić information content (AvgIpc) is 2.71. The Hall–Kier alpha value is -2.04. The Morgan fingerprint density at radius 3 is 2.76 bits per heavy atom. The normalized spacial score (nSPS) is 19.5. The maximum atomic E-state index is 11.8. The van der Waals surface area contributed by atoms with Crippen LogP contribution >= 0.6 is 0 Å². The standard InChI is InChI=1S/C12H14N2O3/c1-17-10-5-3-2-4-9(10)14-7-8(12(13)16)6-11(14)15/h2-5,8H,6-7H2,1H3,(H2,13,16)/t8-/m1/s1. The van der Waals surface area contributed by atoms with E-state index in [-0.39, 0.29) is 12.3 Å². The highest BCUT2D eigenvalue weighted by molar-refractivity contribution is 6.01. The van der Waals surface area contributed by atoms with Crippen LogP contribution in [0.2, 0.25) is 0 Å². The lowest BCUT2D eigenvalue weighted by molar-refractivity contribution is -0.123. The predicted molar refractivity (Wildman–Crippen MR) is 62.6 cm³/mol. The molecule has 0 bridgehead atoms. The van der Waals surface area contributed by atoms with Crippen LogP contribution in [-0.2, 0) is 9.59 Å². The number of rotatable bonds is 3. The van der Waals surface area contributed by atoms with Crippen LogP contribution in [0.3, 0.4) is 0 Å². The molecule has 5 heteroatoms. The zero-order chi connectivity index (χ0) is 12.4. The van der Waals surface area contributed by atoms with Crippen molar-refractivity contribution in [1.82, 2.24) is 0 Å². The third kappa shape index (κ3) is 2.08. The van der Waals surface area contributed by atoms with Crippen LogP contribution in [0.5, 0.6) is 5.75 Å². The Bertz CT molecular complexity index is 459. The fraction of sp³-hybridized carbons (Fsp3) is 0.333. The third-order valence-corrected chi connectivity index (χ3v) is 2.90. The number of primary amides is 1. The second-order valence-corrected chi connectivity index (χ2v) is 3.98. The Morgan fingerprint density at radius 2 is 2.18 bits per heavy atom. The number of amides is 2. The lowest BCUT2D eigenvalue weighted by Gasteiger charge is -2.18. The monoisotopic (exact) mass is 234 g/mol. The Kier molecular flexibility index (Phi) is 2.99. The molecule has 2 rings (SSSR count). The number of methoxy groups -OCH3 is 1. The van der Waals surface area contributed by atoms with E-state index in [1.165, 1.54) is 0 Å². The van der Waals surface area contributed by atoms with E-state index in [4.69, 9.17) is 10.5 Å². The second kappa shape index (κ2) is 4.45. The first-order valence-corrected chi connectivity index (χ1v) is 5.36. The van der Waals surface area contributed by atoms with Gasteiger partial charge in [-0.2, -0.15) is 0 Å². The summed E-state index contributed by atoms with van der Waals surface area (Å²) in [5, 5.41) is 0. The van der Waals surface area contributed by atoms with Crippen LogP contribution in [0.1, 0.15) is 6.42 Å². The summed E-state index contributed by atoms with van der Waals surface area (Å²) in [4.78, 5) is 24.5. The molecule has 1 saturated heterocycles. The van der Waals surface area contributed by atoms with Gasteiger partial charge in [0.1, 0.15) is 5.75 Å². The number of benzene rings is 1. The molecule has 90 valence electrons. The van der Waals surface area contributed by atoms with Crippen molar-refractivity contribution in [3.8, 4) is 5.75 Å². The van der Waals surface area contributed by atoms with Crippen LogP contribution < -0.4 is 15.4 Å². The Morgan fingerprint density at radius 1 is 1.47 bits per heavy atom. The highest BCUT2D eigenvalue weighted by atomic mass is 16.5. The smallest absolute Gasteiger partial charge is 0.227 e. The minimum Gasteiger partial charge on any atom is -0.495 e. The summed E-state index contributed by atoms with van der Waals surface area (Å²) >= 11 is 0. The maximum Gasteiger partial charge on any atom is 0.227 e. The summed E-state index contributed by atoms with van der Waals surface area (Å²) in [6.07, 6.45) is 0.174. The first-order chi connectivity index (χ1) is 8.13. The van der Waals surface area contributed by atoms with Gasteiger partial charge in [0.15, 0.2) is 0 Å². The van der Waals surface area contributed by atoms with Crippen LogP contribution in [0, 0.1) is 5.92 Å². The molecule has 1 aromatic carbocycles. The molecule has 1 aliphatic heterocycles. The van der Waals surface area contributed by atoms with Crippen LogP contribution in [0.4, 0.5) is 5.69 Å². The fourth-order valence-corrected chi connectivity index (χ4v) is 1.98. The van der Waals surface area contributed by atoms with Crippen LogP contribution in [0.15, 0.2) is 24.3 Å². The molecule has 17 heavy (non-hydrogen) atoms. The minimum absolute atomic E-state index is 0.0988. The van der Waals surface area contributed by atoms with E-state index < -0.39 is 11.8 Å². The first kappa shape index (κ1) is 11.4. The molecule has 0 aliphatic carbocycles. The molecule has 2 amide bonds. The summed E-state index contributed by atoms with van der Waals surface area (Å²) in [7, 11) is 1.55. The highest BCUT2D eigenvalue weighted by Crippen LogP contribution is 2.32. The van der Waals surface area contributed by atoms with E-state index in [0.717, 1.165) is 0 Å². The Labute approximate surface area is 99.2 Å². The van der Waals surface area contributed by atoms with E-state index in [9.17, 15) is 9.59 Å². The molecule has 0 aromatic heterocycles. The summed E-state index contributed by atoms with van der Waals surface area (Å²) in [6.45, 7) is 0.328. The van der Waals surface area contributed by atoms with Crippen LogP contribution in [-0.4, -0.2) is 25.5 Å². The molecule has 1 atom stereocenters. The molecule has 0 spiro atoms. The lowest BCUT2D eigenvalue weighted by atomic mass is 10.1. The first-order valence-electron chi connectivity index (χ1n) is 5.36. The zero-order valence-electron chi connectivity index (χ0n) is 9.55. The van der Waals surface area contributed by atoms with Crippen molar-refractivity contribution in [2.45, 2.75) is 6.42 Å². The number of nitrogens with two attached hydrogens (primary N) is 1. The number of para-hydroxylation sites is 2. The third-order valence-electron chi connectivity index (χ3n) is 2.90. The molecule has 0 saturated carbocycles. The molecule has 0 unspecified atom stereocenters. The quantitative estimate of drug-likeness (QED) is 0.829. The van der Waals surface area contributed by atoms with Gasteiger partial charge in [0.25, 0.3) is 0 Å². The number of ether oxygens (including phenoxy) is 1. The fourth-order valence-electron chi connectivity index (χ4n) is 1.98. The topological polar surface area (TPSA) is 72.6 Å². The lowest BCUT2D eigenvalue weighted by Crippen LogP contribution is -2.28. The van der Waals surface area contributed by atoms with Crippen molar-refractivity contribution in [1.29, 1.82) is 0 Å². The largest absolute Gasteiger partial charge is 0.495 e. The van der Waals surface area contributed by atoms with E-state index in [2.05, 4.69) is 0 Å². The van der Waals surface area contributed by atoms with E-state index >= 15 is 0 Å². The number of carbonyl (C=O) groups is 2. The van der Waals surface area contributed by atoms with Gasteiger partial charge in [-0.25, -0.2) is 0 Å². The van der Waals surface area contributed by atoms with Gasteiger partial charge in [-0.15, -0.1) is 0 Å². The second-order valence-electron chi connectivity index (χ2n) is 3.98. The van der Waals surface area contributed by atoms with Gasteiger partial charge in [0.2, 0.25) is 11.8 Å². The van der Waals surface area contributed by atoms with E-state index in [1.807, 2.05) is 12.1 Å². The molecule has 5 nitrogen and oxygen atoms in total. The van der Waals surface area contributed by atoms with Gasteiger partial charge in [-0.05, 0) is 12.1 Å². The van der Waals surface area contributed by atoms with E-state index in [1.54, 1.807) is 24.1 Å². The summed E-state index contributed by atoms with van der Waals surface area (Å²) < 4.78 is 5.19. The highest BCUT2D eigenvalue weighted by Gasteiger charge is 2.34. The van der Waals surface area contributed by atoms with Crippen molar-refractivity contribution in [3.63, 3.8) is 0 Å². The molecule has 1 fully saturated rings. The predicted octanol–water partition coefficient (Wildman–Crippen LogP) is 0.533. The number of nitrogens with zero attached hydrogens (tertiary/aromatic N) is 1. The van der Waals surface area contributed by atoms with Crippen LogP contribution in [0.25, 0.3) is 0 Å². The van der Waals surface area contributed by atoms with Crippen molar-refractivity contribution in [2.24, 2.45) is 11.7 Å².